The van der Waals surface area contributed by atoms with Crippen molar-refractivity contribution in [2.75, 3.05) is 6.54 Å². The van der Waals surface area contributed by atoms with Crippen LogP contribution in [0.3, 0.4) is 0 Å². The van der Waals surface area contributed by atoms with Crippen LogP contribution in [0.25, 0.3) is 0 Å². The average molecular weight is 287 g/mol. The molecular formula is C12H19BrN2O. The first-order valence-corrected chi connectivity index (χ1v) is 6.69. The Labute approximate surface area is 105 Å². The van der Waals surface area contributed by atoms with E-state index in [1.165, 1.54) is 19.3 Å². The number of hydrogen-bond acceptors (Lipinski definition) is 3. The van der Waals surface area contributed by atoms with Crippen molar-refractivity contribution in [3.63, 3.8) is 0 Å². The summed E-state index contributed by atoms with van der Waals surface area (Å²) in [4.78, 5) is 2.44. The Kier molecular flexibility index (Phi) is 4.05. The van der Waals surface area contributed by atoms with E-state index >= 15 is 0 Å². The number of nitrogens with two attached hydrogens (primary N) is 1. The van der Waals surface area contributed by atoms with Gasteiger partial charge in [0.25, 0.3) is 0 Å². The van der Waals surface area contributed by atoms with Crippen molar-refractivity contribution in [1.82, 2.24) is 4.90 Å². The van der Waals surface area contributed by atoms with Gasteiger partial charge in [-0.25, -0.2) is 0 Å². The van der Waals surface area contributed by atoms with Crippen LogP contribution in [0.15, 0.2) is 21.2 Å². The summed E-state index contributed by atoms with van der Waals surface area (Å²) in [7, 11) is 0. The summed E-state index contributed by atoms with van der Waals surface area (Å²) in [6.07, 6.45) is 5.49. The van der Waals surface area contributed by atoms with Crippen LogP contribution < -0.4 is 5.73 Å². The molecule has 90 valence electrons. The molecule has 4 heteroatoms. The second-order valence-electron chi connectivity index (χ2n) is 4.58. The summed E-state index contributed by atoms with van der Waals surface area (Å²) in [6.45, 7) is 4.08. The van der Waals surface area contributed by atoms with Crippen molar-refractivity contribution in [1.29, 1.82) is 0 Å². The number of hydrogen-bond donors (Lipinski definition) is 1. The highest BCUT2D eigenvalue weighted by Crippen LogP contribution is 2.25. The van der Waals surface area contributed by atoms with E-state index in [1.807, 2.05) is 6.07 Å². The fraction of sp³-hybridized carbons (Fsp3) is 0.667. The maximum atomic E-state index is 6.04. The number of furan rings is 1. The number of likely N-dealkylation sites (tertiary alicyclic amines) is 1. The molecule has 1 aliphatic rings. The molecule has 0 saturated carbocycles. The van der Waals surface area contributed by atoms with Gasteiger partial charge in [0, 0.05) is 12.1 Å². The number of piperidine rings is 1. The van der Waals surface area contributed by atoms with Gasteiger partial charge in [0.2, 0.25) is 0 Å². The Hall–Kier alpha value is -0.320. The Morgan fingerprint density at radius 1 is 1.62 bits per heavy atom. The molecule has 2 heterocycles. The second-order valence-corrected chi connectivity index (χ2v) is 5.44. The molecule has 1 aromatic rings. The van der Waals surface area contributed by atoms with Crippen LogP contribution in [0.1, 0.15) is 31.9 Å². The fourth-order valence-corrected chi connectivity index (χ4v) is 2.76. The third-order valence-corrected chi connectivity index (χ3v) is 4.02. The summed E-state index contributed by atoms with van der Waals surface area (Å²) >= 11 is 3.50. The zero-order valence-corrected chi connectivity index (χ0v) is 11.2. The minimum atomic E-state index is 0.231. The zero-order valence-electron chi connectivity index (χ0n) is 9.66. The highest BCUT2D eigenvalue weighted by Gasteiger charge is 2.26. The van der Waals surface area contributed by atoms with E-state index in [0.29, 0.717) is 6.04 Å². The Balaban J connectivity index is 2.04. The van der Waals surface area contributed by atoms with Crippen molar-refractivity contribution in [2.24, 2.45) is 5.73 Å². The van der Waals surface area contributed by atoms with Gasteiger partial charge in [0.1, 0.15) is 5.76 Å². The standard InChI is InChI=1S/C12H19BrN2O/c1-9(14)11-4-2-3-6-15(11)8-12-10(13)5-7-16-12/h5,7,9,11H,2-4,6,8,14H2,1H3. The van der Waals surface area contributed by atoms with E-state index in [0.717, 1.165) is 23.3 Å². The largest absolute Gasteiger partial charge is 0.467 e. The monoisotopic (exact) mass is 286 g/mol. The fourth-order valence-electron chi connectivity index (χ4n) is 2.43. The molecule has 0 spiro atoms. The van der Waals surface area contributed by atoms with Crippen LogP contribution in [0.4, 0.5) is 0 Å². The van der Waals surface area contributed by atoms with Crippen molar-refractivity contribution in [3.8, 4) is 0 Å². The minimum Gasteiger partial charge on any atom is -0.467 e. The predicted octanol–water partition coefficient (Wildman–Crippen LogP) is 2.74. The SMILES string of the molecule is CC(N)C1CCCCN1Cc1occc1Br. The van der Waals surface area contributed by atoms with Crippen molar-refractivity contribution in [3.05, 3.63) is 22.6 Å². The maximum absolute atomic E-state index is 6.04. The lowest BCUT2D eigenvalue weighted by molar-refractivity contribution is 0.114. The molecule has 2 N–H and O–H groups in total. The molecule has 1 aromatic heterocycles. The molecular weight excluding hydrogens is 268 g/mol. The quantitative estimate of drug-likeness (QED) is 0.929. The topological polar surface area (TPSA) is 42.4 Å². The van der Waals surface area contributed by atoms with E-state index in [1.54, 1.807) is 6.26 Å². The van der Waals surface area contributed by atoms with Crippen molar-refractivity contribution < 1.29 is 4.42 Å². The van der Waals surface area contributed by atoms with Gasteiger partial charge in [0.15, 0.2) is 0 Å². The van der Waals surface area contributed by atoms with Gasteiger partial charge in [-0.15, -0.1) is 0 Å². The van der Waals surface area contributed by atoms with Crippen LogP contribution in [-0.4, -0.2) is 23.5 Å². The van der Waals surface area contributed by atoms with Gasteiger partial charge in [-0.2, -0.15) is 0 Å². The summed E-state index contributed by atoms with van der Waals surface area (Å²) in [5, 5.41) is 0. The molecule has 0 radical (unpaired) electrons. The third kappa shape index (κ3) is 2.67. The van der Waals surface area contributed by atoms with Gasteiger partial charge in [0.05, 0.1) is 17.3 Å². The molecule has 1 aliphatic heterocycles. The van der Waals surface area contributed by atoms with E-state index in [9.17, 15) is 0 Å². The van der Waals surface area contributed by atoms with Crippen LogP contribution in [0.5, 0.6) is 0 Å². The lowest BCUT2D eigenvalue weighted by Crippen LogP contribution is -2.48. The second kappa shape index (κ2) is 5.34. The lowest BCUT2D eigenvalue weighted by Gasteiger charge is -2.37. The molecule has 0 aliphatic carbocycles. The smallest absolute Gasteiger partial charge is 0.131 e. The van der Waals surface area contributed by atoms with E-state index in [4.69, 9.17) is 10.2 Å². The summed E-state index contributed by atoms with van der Waals surface area (Å²) in [5.41, 5.74) is 6.04. The third-order valence-electron chi connectivity index (χ3n) is 3.31. The van der Waals surface area contributed by atoms with Gasteiger partial charge in [-0.3, -0.25) is 4.90 Å². The highest BCUT2D eigenvalue weighted by atomic mass is 79.9. The molecule has 3 nitrogen and oxygen atoms in total. The molecule has 2 unspecified atom stereocenters. The van der Waals surface area contributed by atoms with Gasteiger partial charge in [-0.05, 0) is 48.3 Å². The first kappa shape index (κ1) is 12.1. The van der Waals surface area contributed by atoms with Crippen LogP contribution in [0.2, 0.25) is 0 Å². The van der Waals surface area contributed by atoms with Crippen molar-refractivity contribution >= 4 is 15.9 Å². The number of halogens is 1. The highest BCUT2D eigenvalue weighted by molar-refractivity contribution is 9.10. The Morgan fingerprint density at radius 3 is 3.06 bits per heavy atom. The summed E-state index contributed by atoms with van der Waals surface area (Å²) in [5.74, 6) is 1.01. The van der Waals surface area contributed by atoms with E-state index in [-0.39, 0.29) is 6.04 Å². The first-order valence-electron chi connectivity index (χ1n) is 5.90. The molecule has 0 bridgehead atoms. The molecule has 2 rings (SSSR count). The van der Waals surface area contributed by atoms with Gasteiger partial charge >= 0.3 is 0 Å². The minimum absolute atomic E-state index is 0.231. The predicted molar refractivity (Wildman–Crippen MR) is 68.1 cm³/mol. The molecule has 0 amide bonds. The number of nitrogens with zero attached hydrogens (tertiary/aromatic N) is 1. The van der Waals surface area contributed by atoms with Gasteiger partial charge < -0.3 is 10.2 Å². The van der Waals surface area contributed by atoms with Crippen molar-refractivity contribution in [2.45, 2.75) is 44.8 Å². The Bertz CT molecular complexity index is 338. The average Bonchev–Trinajstić information content (AvgIpc) is 2.65. The normalized spacial score (nSPS) is 24.6. The van der Waals surface area contributed by atoms with Crippen LogP contribution in [-0.2, 0) is 6.54 Å². The number of rotatable bonds is 3. The molecule has 1 saturated heterocycles. The summed E-state index contributed by atoms with van der Waals surface area (Å²) in [6, 6.07) is 2.67. The van der Waals surface area contributed by atoms with E-state index in [2.05, 4.69) is 27.8 Å². The summed E-state index contributed by atoms with van der Waals surface area (Å²) < 4.78 is 6.52. The lowest BCUT2D eigenvalue weighted by atomic mass is 9.97. The maximum Gasteiger partial charge on any atom is 0.131 e. The van der Waals surface area contributed by atoms with E-state index < -0.39 is 0 Å². The Morgan fingerprint density at radius 2 is 2.44 bits per heavy atom. The molecule has 1 fully saturated rings. The molecule has 16 heavy (non-hydrogen) atoms. The van der Waals surface area contributed by atoms with Crippen LogP contribution >= 0.6 is 15.9 Å². The van der Waals surface area contributed by atoms with Crippen LogP contribution in [0, 0.1) is 0 Å². The zero-order chi connectivity index (χ0) is 11.5. The first-order chi connectivity index (χ1) is 7.68. The molecule has 0 aromatic carbocycles. The molecule has 2 atom stereocenters. The van der Waals surface area contributed by atoms with Gasteiger partial charge in [-0.1, -0.05) is 6.42 Å².